The van der Waals surface area contributed by atoms with Crippen molar-refractivity contribution in [3.8, 4) is 28.9 Å². The van der Waals surface area contributed by atoms with E-state index in [1.807, 2.05) is 56.4 Å². The Bertz CT molecular complexity index is 918. The first-order valence-electron chi connectivity index (χ1n) is 9.17. The molecule has 6 nitrogen and oxygen atoms in total. The molecule has 27 heavy (non-hydrogen) atoms. The number of hydrogen-bond acceptors (Lipinski definition) is 5. The first-order chi connectivity index (χ1) is 13.1. The van der Waals surface area contributed by atoms with Crippen LogP contribution < -0.4 is 14.2 Å². The fourth-order valence-corrected chi connectivity index (χ4v) is 2.86. The highest BCUT2D eigenvalue weighted by molar-refractivity contribution is 5.46. The molecular weight excluding hydrogens is 342 g/mol. The Morgan fingerprint density at radius 2 is 1.89 bits per heavy atom. The number of benzene rings is 1. The molecule has 0 unspecified atom stereocenters. The molecule has 0 bridgehead atoms. The summed E-state index contributed by atoms with van der Waals surface area (Å²) >= 11 is 0. The Kier molecular flexibility index (Phi) is 4.71. The van der Waals surface area contributed by atoms with Crippen molar-refractivity contribution in [3.63, 3.8) is 0 Å². The van der Waals surface area contributed by atoms with Gasteiger partial charge in [0, 0.05) is 6.20 Å². The Balaban J connectivity index is 1.70. The molecule has 4 rings (SSSR count). The lowest BCUT2D eigenvalue weighted by Crippen LogP contribution is -2.08. The van der Waals surface area contributed by atoms with Gasteiger partial charge in [0.2, 0.25) is 5.75 Å². The maximum absolute atomic E-state index is 5.98. The molecule has 1 saturated carbocycles. The third kappa shape index (κ3) is 3.89. The minimum atomic E-state index is -0.0291. The molecule has 2 aromatic heterocycles. The predicted octanol–water partition coefficient (Wildman–Crippen LogP) is 4.73. The number of pyridine rings is 1. The van der Waals surface area contributed by atoms with Gasteiger partial charge in [-0.1, -0.05) is 18.2 Å². The van der Waals surface area contributed by atoms with E-state index in [0.29, 0.717) is 29.1 Å². The summed E-state index contributed by atoms with van der Waals surface area (Å²) in [7, 11) is 1.65. The molecular formula is C21H23N3O3. The van der Waals surface area contributed by atoms with Crippen molar-refractivity contribution in [2.75, 3.05) is 7.11 Å². The lowest BCUT2D eigenvalue weighted by molar-refractivity contribution is 0.223. The van der Waals surface area contributed by atoms with Gasteiger partial charge in [-0.3, -0.25) is 0 Å². The minimum absolute atomic E-state index is 0.0291. The Labute approximate surface area is 158 Å². The van der Waals surface area contributed by atoms with E-state index in [0.717, 1.165) is 5.75 Å². The molecule has 0 amide bonds. The van der Waals surface area contributed by atoms with Crippen molar-refractivity contribution < 1.29 is 14.2 Å². The number of aromatic nitrogens is 3. The average Bonchev–Trinajstić information content (AvgIpc) is 3.45. The van der Waals surface area contributed by atoms with Gasteiger partial charge in [0.15, 0.2) is 11.6 Å². The Morgan fingerprint density at radius 1 is 1.11 bits per heavy atom. The minimum Gasteiger partial charge on any atom is -0.493 e. The van der Waals surface area contributed by atoms with Crippen LogP contribution in [0.5, 0.6) is 23.1 Å². The van der Waals surface area contributed by atoms with Crippen molar-refractivity contribution in [3.05, 3.63) is 54.4 Å². The van der Waals surface area contributed by atoms with Crippen LogP contribution >= 0.6 is 0 Å². The Hall–Kier alpha value is -3.02. The molecule has 0 N–H and O–H groups in total. The third-order valence-electron chi connectivity index (χ3n) is 4.31. The standard InChI is InChI=1S/C21H23N3O3/c1-14(2)26-21-19(27-17-7-5-4-6-8-17)13-24(23-21)20-18(25-3)11-16(12-22-20)15-9-10-15/h4-8,11-15H,9-10H2,1-3H3. The summed E-state index contributed by atoms with van der Waals surface area (Å²) in [5, 5.41) is 4.54. The average molecular weight is 365 g/mol. The van der Waals surface area contributed by atoms with Crippen LogP contribution in [0, 0.1) is 0 Å². The number of hydrogen-bond donors (Lipinski definition) is 0. The molecule has 1 aliphatic rings. The second kappa shape index (κ2) is 7.31. The van der Waals surface area contributed by atoms with E-state index in [1.165, 1.54) is 18.4 Å². The summed E-state index contributed by atoms with van der Waals surface area (Å²) in [5.41, 5.74) is 1.21. The lowest BCUT2D eigenvalue weighted by Gasteiger charge is -2.09. The van der Waals surface area contributed by atoms with Crippen molar-refractivity contribution in [1.29, 1.82) is 0 Å². The van der Waals surface area contributed by atoms with Gasteiger partial charge in [-0.15, -0.1) is 5.10 Å². The van der Waals surface area contributed by atoms with Gasteiger partial charge in [-0.25, -0.2) is 9.67 Å². The summed E-state index contributed by atoms with van der Waals surface area (Å²) in [6, 6.07) is 11.6. The van der Waals surface area contributed by atoms with Crippen LogP contribution in [0.3, 0.4) is 0 Å². The number of ether oxygens (including phenoxy) is 3. The van der Waals surface area contributed by atoms with Crippen molar-refractivity contribution in [1.82, 2.24) is 14.8 Å². The molecule has 0 saturated heterocycles. The van der Waals surface area contributed by atoms with Crippen LogP contribution in [-0.4, -0.2) is 28.0 Å². The quantitative estimate of drug-likeness (QED) is 0.606. The van der Waals surface area contributed by atoms with Gasteiger partial charge in [0.25, 0.3) is 5.88 Å². The van der Waals surface area contributed by atoms with E-state index in [2.05, 4.69) is 10.1 Å². The fourth-order valence-electron chi connectivity index (χ4n) is 2.86. The Morgan fingerprint density at radius 3 is 2.56 bits per heavy atom. The maximum Gasteiger partial charge on any atom is 0.277 e. The first kappa shape index (κ1) is 17.4. The molecule has 1 fully saturated rings. The van der Waals surface area contributed by atoms with Crippen LogP contribution in [0.15, 0.2) is 48.8 Å². The van der Waals surface area contributed by atoms with Gasteiger partial charge < -0.3 is 14.2 Å². The largest absolute Gasteiger partial charge is 0.493 e. The molecule has 140 valence electrons. The van der Waals surface area contributed by atoms with E-state index >= 15 is 0 Å². The van der Waals surface area contributed by atoms with Crippen LogP contribution in [0.25, 0.3) is 5.82 Å². The van der Waals surface area contributed by atoms with Crippen LogP contribution in [-0.2, 0) is 0 Å². The molecule has 1 aliphatic carbocycles. The van der Waals surface area contributed by atoms with E-state index in [4.69, 9.17) is 14.2 Å². The summed E-state index contributed by atoms with van der Waals surface area (Å²) < 4.78 is 19.0. The molecule has 0 radical (unpaired) electrons. The van der Waals surface area contributed by atoms with Crippen LogP contribution in [0.4, 0.5) is 0 Å². The van der Waals surface area contributed by atoms with Gasteiger partial charge >= 0.3 is 0 Å². The summed E-state index contributed by atoms with van der Waals surface area (Å²) in [6.45, 7) is 3.91. The number of methoxy groups -OCH3 is 1. The molecule has 1 aromatic carbocycles. The lowest BCUT2D eigenvalue weighted by atomic mass is 10.2. The monoisotopic (exact) mass is 365 g/mol. The van der Waals surface area contributed by atoms with Crippen molar-refractivity contribution in [2.45, 2.75) is 38.7 Å². The van der Waals surface area contributed by atoms with E-state index in [9.17, 15) is 0 Å². The second-order valence-corrected chi connectivity index (χ2v) is 6.89. The van der Waals surface area contributed by atoms with Gasteiger partial charge in [0.05, 0.1) is 19.4 Å². The summed E-state index contributed by atoms with van der Waals surface area (Å²) in [4.78, 5) is 4.59. The van der Waals surface area contributed by atoms with Gasteiger partial charge in [0.1, 0.15) is 5.75 Å². The first-order valence-corrected chi connectivity index (χ1v) is 9.17. The topological polar surface area (TPSA) is 58.4 Å². The SMILES string of the molecule is COc1cc(C2CC2)cnc1-n1cc(Oc2ccccc2)c(OC(C)C)n1. The van der Waals surface area contributed by atoms with Crippen molar-refractivity contribution in [2.24, 2.45) is 0 Å². The van der Waals surface area contributed by atoms with Crippen molar-refractivity contribution >= 4 is 0 Å². The third-order valence-corrected chi connectivity index (χ3v) is 4.31. The molecule has 0 atom stereocenters. The maximum atomic E-state index is 5.98. The van der Waals surface area contributed by atoms with Gasteiger partial charge in [-0.2, -0.15) is 0 Å². The molecule has 0 spiro atoms. The highest BCUT2D eigenvalue weighted by Gasteiger charge is 2.26. The van der Waals surface area contributed by atoms with Crippen LogP contribution in [0.1, 0.15) is 38.2 Å². The van der Waals surface area contributed by atoms with E-state index in [1.54, 1.807) is 18.0 Å². The summed E-state index contributed by atoms with van der Waals surface area (Å²) in [6.07, 6.45) is 6.07. The highest BCUT2D eigenvalue weighted by atomic mass is 16.5. The zero-order chi connectivity index (χ0) is 18.8. The van der Waals surface area contributed by atoms with Gasteiger partial charge in [-0.05, 0) is 56.4 Å². The predicted molar refractivity (Wildman–Crippen MR) is 102 cm³/mol. The van der Waals surface area contributed by atoms with Crippen LogP contribution in [0.2, 0.25) is 0 Å². The highest BCUT2D eigenvalue weighted by Crippen LogP contribution is 2.42. The smallest absolute Gasteiger partial charge is 0.277 e. The number of para-hydroxylation sites is 1. The van der Waals surface area contributed by atoms with E-state index < -0.39 is 0 Å². The zero-order valence-electron chi connectivity index (χ0n) is 15.8. The molecule has 6 heteroatoms. The number of nitrogens with zero attached hydrogens (tertiary/aromatic N) is 3. The number of rotatable bonds is 7. The summed E-state index contributed by atoms with van der Waals surface area (Å²) in [5.74, 6) is 3.57. The normalized spacial score (nSPS) is 13.6. The zero-order valence-corrected chi connectivity index (χ0v) is 15.8. The molecule has 2 heterocycles. The molecule has 0 aliphatic heterocycles. The fraction of sp³-hybridized carbons (Fsp3) is 0.333. The van der Waals surface area contributed by atoms with E-state index in [-0.39, 0.29) is 6.10 Å². The molecule has 3 aromatic rings. The second-order valence-electron chi connectivity index (χ2n) is 6.89.